The fraction of sp³-hybridized carbons (Fsp3) is 0.500. The molecule has 0 saturated heterocycles. The van der Waals surface area contributed by atoms with Gasteiger partial charge >= 0.3 is 0 Å². The van der Waals surface area contributed by atoms with E-state index in [1.165, 1.54) is 5.56 Å². The molecule has 0 bridgehead atoms. The van der Waals surface area contributed by atoms with Gasteiger partial charge in [-0.25, -0.2) is 0 Å². The van der Waals surface area contributed by atoms with Crippen LogP contribution in [0, 0.1) is 0 Å². The van der Waals surface area contributed by atoms with E-state index in [9.17, 15) is 0 Å². The lowest BCUT2D eigenvalue weighted by Gasteiger charge is -2.13. The van der Waals surface area contributed by atoms with Crippen LogP contribution >= 0.6 is 0 Å². The van der Waals surface area contributed by atoms with Crippen molar-refractivity contribution in [3.8, 4) is 5.75 Å². The number of aliphatic hydroxyl groups excluding tert-OH is 1. The molecule has 0 heterocycles. The van der Waals surface area contributed by atoms with Gasteiger partial charge in [-0.3, -0.25) is 0 Å². The van der Waals surface area contributed by atoms with Crippen LogP contribution in [0.15, 0.2) is 18.2 Å². The van der Waals surface area contributed by atoms with Gasteiger partial charge in [-0.2, -0.15) is 0 Å². The second kappa shape index (κ2) is 5.61. The molecule has 15 heavy (non-hydrogen) atoms. The summed E-state index contributed by atoms with van der Waals surface area (Å²) in [6.45, 7) is 4.96. The predicted molar refractivity (Wildman–Crippen MR) is 62.7 cm³/mol. The Labute approximate surface area is 91.1 Å². The Morgan fingerprint density at radius 3 is 2.67 bits per heavy atom. The second-order valence-electron chi connectivity index (χ2n) is 3.76. The van der Waals surface area contributed by atoms with E-state index in [2.05, 4.69) is 25.2 Å². The molecular formula is C12H19NO2. The van der Waals surface area contributed by atoms with E-state index >= 15 is 0 Å². The lowest BCUT2D eigenvalue weighted by Crippen LogP contribution is -2.07. The van der Waals surface area contributed by atoms with Gasteiger partial charge in [0.05, 0.1) is 19.4 Å². The number of rotatable bonds is 5. The lowest BCUT2D eigenvalue weighted by molar-refractivity contribution is 0.311. The largest absolute Gasteiger partial charge is 0.495 e. The zero-order valence-electron chi connectivity index (χ0n) is 9.58. The Morgan fingerprint density at radius 1 is 1.40 bits per heavy atom. The molecule has 84 valence electrons. The first kappa shape index (κ1) is 11.9. The molecule has 0 spiro atoms. The summed E-state index contributed by atoms with van der Waals surface area (Å²) < 4.78 is 5.29. The molecule has 0 aromatic heterocycles. The van der Waals surface area contributed by atoms with Crippen molar-refractivity contribution in [3.63, 3.8) is 0 Å². The van der Waals surface area contributed by atoms with E-state index in [0.29, 0.717) is 12.5 Å². The molecule has 0 aliphatic rings. The van der Waals surface area contributed by atoms with Crippen molar-refractivity contribution >= 4 is 5.69 Å². The van der Waals surface area contributed by atoms with E-state index < -0.39 is 0 Å². The van der Waals surface area contributed by atoms with Crippen molar-refractivity contribution in [1.82, 2.24) is 0 Å². The molecule has 0 unspecified atom stereocenters. The Hall–Kier alpha value is -1.22. The van der Waals surface area contributed by atoms with E-state index in [1.54, 1.807) is 7.11 Å². The van der Waals surface area contributed by atoms with Gasteiger partial charge in [-0.05, 0) is 23.6 Å². The van der Waals surface area contributed by atoms with Gasteiger partial charge in [0.15, 0.2) is 0 Å². The normalized spacial score (nSPS) is 10.5. The van der Waals surface area contributed by atoms with Gasteiger partial charge in [-0.15, -0.1) is 0 Å². The number of methoxy groups -OCH3 is 1. The predicted octanol–water partition coefficient (Wildman–Crippen LogP) is 2.22. The van der Waals surface area contributed by atoms with Crippen LogP contribution in [0.4, 0.5) is 5.69 Å². The average Bonchev–Trinajstić information content (AvgIpc) is 2.25. The third-order valence-electron chi connectivity index (χ3n) is 2.32. The van der Waals surface area contributed by atoms with E-state index in [-0.39, 0.29) is 6.61 Å². The van der Waals surface area contributed by atoms with Crippen molar-refractivity contribution in [2.45, 2.75) is 19.8 Å². The first-order valence-corrected chi connectivity index (χ1v) is 5.21. The summed E-state index contributed by atoms with van der Waals surface area (Å²) in [5.74, 6) is 1.32. The maximum atomic E-state index is 8.73. The number of hydrogen-bond acceptors (Lipinski definition) is 3. The molecule has 0 aliphatic carbocycles. The highest BCUT2D eigenvalue weighted by molar-refractivity contribution is 5.58. The Bertz CT molecular complexity index is 310. The van der Waals surface area contributed by atoms with Crippen LogP contribution in [0.5, 0.6) is 5.75 Å². The third kappa shape index (κ3) is 3.13. The standard InChI is InChI=1S/C12H19NO2/c1-9(2)10-4-5-11(13-6-7-14)12(8-10)15-3/h4-5,8-9,13-14H,6-7H2,1-3H3. The van der Waals surface area contributed by atoms with Crippen LogP contribution in [0.2, 0.25) is 0 Å². The van der Waals surface area contributed by atoms with Crippen LogP contribution in [0.25, 0.3) is 0 Å². The number of benzene rings is 1. The van der Waals surface area contributed by atoms with Crippen LogP contribution in [-0.2, 0) is 0 Å². The minimum absolute atomic E-state index is 0.120. The molecule has 1 aromatic rings. The molecule has 1 rings (SSSR count). The number of hydrogen-bond donors (Lipinski definition) is 2. The fourth-order valence-corrected chi connectivity index (χ4v) is 1.40. The molecule has 0 saturated carbocycles. The summed E-state index contributed by atoms with van der Waals surface area (Å²) in [5.41, 5.74) is 2.18. The molecule has 0 amide bonds. The van der Waals surface area contributed by atoms with Crippen molar-refractivity contribution < 1.29 is 9.84 Å². The molecule has 0 aliphatic heterocycles. The van der Waals surface area contributed by atoms with Gasteiger partial charge in [0, 0.05) is 6.54 Å². The third-order valence-corrected chi connectivity index (χ3v) is 2.32. The van der Waals surface area contributed by atoms with Crippen molar-refractivity contribution in [2.75, 3.05) is 25.6 Å². The number of anilines is 1. The van der Waals surface area contributed by atoms with Crippen LogP contribution < -0.4 is 10.1 Å². The molecule has 1 aromatic carbocycles. The van der Waals surface area contributed by atoms with E-state index in [1.807, 2.05) is 12.1 Å². The Kier molecular flexibility index (Phi) is 4.43. The van der Waals surface area contributed by atoms with Crippen LogP contribution in [0.1, 0.15) is 25.3 Å². The zero-order valence-corrected chi connectivity index (χ0v) is 9.58. The topological polar surface area (TPSA) is 41.5 Å². The fourth-order valence-electron chi connectivity index (χ4n) is 1.40. The quantitative estimate of drug-likeness (QED) is 0.781. The molecule has 3 nitrogen and oxygen atoms in total. The maximum absolute atomic E-state index is 8.73. The summed E-state index contributed by atoms with van der Waals surface area (Å²) in [7, 11) is 1.66. The Morgan fingerprint density at radius 2 is 2.13 bits per heavy atom. The zero-order chi connectivity index (χ0) is 11.3. The van der Waals surface area contributed by atoms with Gasteiger partial charge in [0.25, 0.3) is 0 Å². The van der Waals surface area contributed by atoms with Gasteiger partial charge in [0.1, 0.15) is 5.75 Å². The summed E-state index contributed by atoms with van der Waals surface area (Å²) in [4.78, 5) is 0. The summed E-state index contributed by atoms with van der Waals surface area (Å²) in [6, 6.07) is 6.10. The van der Waals surface area contributed by atoms with Gasteiger partial charge in [-0.1, -0.05) is 19.9 Å². The highest BCUT2D eigenvalue weighted by atomic mass is 16.5. The second-order valence-corrected chi connectivity index (χ2v) is 3.76. The van der Waals surface area contributed by atoms with Gasteiger partial charge < -0.3 is 15.2 Å². The first-order valence-electron chi connectivity index (χ1n) is 5.21. The maximum Gasteiger partial charge on any atom is 0.142 e. The highest BCUT2D eigenvalue weighted by Crippen LogP contribution is 2.28. The van der Waals surface area contributed by atoms with E-state index in [0.717, 1.165) is 11.4 Å². The van der Waals surface area contributed by atoms with Crippen LogP contribution in [0.3, 0.4) is 0 Å². The molecule has 0 fully saturated rings. The lowest BCUT2D eigenvalue weighted by atomic mass is 10.0. The SMILES string of the molecule is COc1cc(C(C)C)ccc1NCCO. The number of aliphatic hydroxyl groups is 1. The highest BCUT2D eigenvalue weighted by Gasteiger charge is 2.05. The summed E-state index contributed by atoms with van der Waals surface area (Å²) in [5, 5.41) is 11.8. The van der Waals surface area contributed by atoms with Crippen molar-refractivity contribution in [1.29, 1.82) is 0 Å². The summed E-state index contributed by atoms with van der Waals surface area (Å²) >= 11 is 0. The van der Waals surface area contributed by atoms with Crippen molar-refractivity contribution in [3.05, 3.63) is 23.8 Å². The molecule has 2 N–H and O–H groups in total. The van der Waals surface area contributed by atoms with E-state index in [4.69, 9.17) is 9.84 Å². The first-order chi connectivity index (χ1) is 7.19. The molecule has 3 heteroatoms. The number of ether oxygens (including phenoxy) is 1. The smallest absolute Gasteiger partial charge is 0.142 e. The average molecular weight is 209 g/mol. The minimum Gasteiger partial charge on any atom is -0.495 e. The molecule has 0 radical (unpaired) electrons. The summed E-state index contributed by atoms with van der Waals surface area (Å²) in [6.07, 6.45) is 0. The van der Waals surface area contributed by atoms with Crippen molar-refractivity contribution in [2.24, 2.45) is 0 Å². The Balaban J connectivity index is 2.88. The number of nitrogens with one attached hydrogen (secondary N) is 1. The van der Waals surface area contributed by atoms with Crippen LogP contribution in [-0.4, -0.2) is 25.4 Å². The minimum atomic E-state index is 0.120. The molecular weight excluding hydrogens is 190 g/mol. The van der Waals surface area contributed by atoms with Gasteiger partial charge in [0.2, 0.25) is 0 Å². The molecule has 0 atom stereocenters. The monoisotopic (exact) mass is 209 g/mol.